The van der Waals surface area contributed by atoms with E-state index in [1.54, 1.807) is 0 Å². The average molecular weight is 281 g/mol. The molecule has 0 radical (unpaired) electrons. The Hall–Kier alpha value is -1.52. The van der Waals surface area contributed by atoms with Gasteiger partial charge in [0.25, 0.3) is 0 Å². The number of hydrogen-bond donors (Lipinski definition) is 3. The van der Waals surface area contributed by atoms with Gasteiger partial charge in [-0.15, -0.1) is 0 Å². The van der Waals surface area contributed by atoms with Crippen molar-refractivity contribution in [2.75, 3.05) is 17.7 Å². The minimum atomic E-state index is -4.17. The molecule has 0 spiro atoms. The maximum Gasteiger partial charge on any atom is 0.306 e. The van der Waals surface area contributed by atoms with Crippen LogP contribution in [0.5, 0.6) is 5.75 Å². The monoisotopic (exact) mass is 281 g/mol. The van der Waals surface area contributed by atoms with Crippen molar-refractivity contribution >= 4 is 31.5 Å². The summed E-state index contributed by atoms with van der Waals surface area (Å²) in [6.07, 6.45) is 0.739. The predicted molar refractivity (Wildman–Crippen MR) is 62.1 cm³/mol. The van der Waals surface area contributed by atoms with Crippen LogP contribution < -0.4 is 20.8 Å². The summed E-state index contributed by atoms with van der Waals surface area (Å²) in [5, 5.41) is 4.90. The van der Waals surface area contributed by atoms with Gasteiger partial charge in [-0.25, -0.2) is 13.6 Å². The number of anilines is 2. The Kier molecular flexibility index (Phi) is 3.23. The van der Waals surface area contributed by atoms with Gasteiger partial charge in [0.15, 0.2) is 5.75 Å². The van der Waals surface area contributed by atoms with Crippen LogP contribution in [0.2, 0.25) is 0 Å². The van der Waals surface area contributed by atoms with Crippen molar-refractivity contribution in [3.05, 3.63) is 12.1 Å². The predicted octanol–water partition coefficient (Wildman–Crippen LogP) is -1.16. The third-order valence-corrected chi connectivity index (χ3v) is 3.14. The van der Waals surface area contributed by atoms with Gasteiger partial charge in [0.2, 0.25) is 10.0 Å². The zero-order valence-electron chi connectivity index (χ0n) is 8.74. The molecular weight excluding hydrogens is 270 g/mol. The first-order valence-corrected chi connectivity index (χ1v) is 7.49. The van der Waals surface area contributed by atoms with Crippen molar-refractivity contribution in [2.24, 2.45) is 5.14 Å². The van der Waals surface area contributed by atoms with Gasteiger partial charge in [0.1, 0.15) is 10.6 Å². The molecule has 1 aromatic rings. The van der Waals surface area contributed by atoms with E-state index in [0.29, 0.717) is 0 Å². The Bertz CT molecular complexity index is 650. The number of primary sulfonamides is 1. The van der Waals surface area contributed by atoms with Gasteiger partial charge >= 0.3 is 10.1 Å². The minimum Gasteiger partial charge on any atom is -0.397 e. The molecule has 17 heavy (non-hydrogen) atoms. The molecule has 0 saturated heterocycles. The summed E-state index contributed by atoms with van der Waals surface area (Å²) in [5.41, 5.74) is 10.5. The summed E-state index contributed by atoms with van der Waals surface area (Å²) in [6.45, 7) is 0. The lowest BCUT2D eigenvalue weighted by Gasteiger charge is -2.12. The summed E-state index contributed by atoms with van der Waals surface area (Å²) >= 11 is 0. The molecule has 8 nitrogen and oxygen atoms in total. The zero-order chi connectivity index (χ0) is 13.4. The molecule has 0 amide bonds. The molecule has 1 rings (SSSR count). The van der Waals surface area contributed by atoms with E-state index in [-0.39, 0.29) is 11.4 Å². The van der Waals surface area contributed by atoms with Crippen LogP contribution in [0.3, 0.4) is 0 Å². The molecule has 0 aromatic heterocycles. The lowest BCUT2D eigenvalue weighted by molar-refractivity contribution is 0.486. The van der Waals surface area contributed by atoms with Gasteiger partial charge in [-0.2, -0.15) is 8.42 Å². The van der Waals surface area contributed by atoms with Crippen molar-refractivity contribution in [3.8, 4) is 5.75 Å². The lowest BCUT2D eigenvalue weighted by atomic mass is 10.2. The second kappa shape index (κ2) is 4.05. The summed E-state index contributed by atoms with van der Waals surface area (Å²) in [6, 6.07) is 2.20. The van der Waals surface area contributed by atoms with E-state index in [1.165, 1.54) is 6.07 Å². The highest BCUT2D eigenvalue weighted by atomic mass is 32.2. The highest BCUT2D eigenvalue weighted by Crippen LogP contribution is 2.34. The first kappa shape index (κ1) is 13.5. The Morgan fingerprint density at radius 2 is 1.65 bits per heavy atom. The fourth-order valence-corrected chi connectivity index (χ4v) is 2.26. The molecule has 0 aliphatic heterocycles. The molecule has 0 aliphatic rings. The summed E-state index contributed by atoms with van der Waals surface area (Å²) in [5.74, 6) is -0.588. The number of hydrogen-bond acceptors (Lipinski definition) is 7. The second-order valence-corrected chi connectivity index (χ2v) is 6.33. The maximum absolute atomic E-state index is 11.2. The van der Waals surface area contributed by atoms with Gasteiger partial charge in [-0.05, 0) is 12.1 Å². The highest BCUT2D eigenvalue weighted by Gasteiger charge is 2.22. The van der Waals surface area contributed by atoms with Crippen LogP contribution in [-0.4, -0.2) is 23.1 Å². The lowest BCUT2D eigenvalue weighted by Crippen LogP contribution is -2.17. The zero-order valence-corrected chi connectivity index (χ0v) is 10.4. The second-order valence-electron chi connectivity index (χ2n) is 3.23. The van der Waals surface area contributed by atoms with E-state index < -0.39 is 30.8 Å². The van der Waals surface area contributed by atoms with Crippen LogP contribution in [0, 0.1) is 0 Å². The summed E-state index contributed by atoms with van der Waals surface area (Å²) < 4.78 is 48.9. The van der Waals surface area contributed by atoms with Crippen LogP contribution in [0.1, 0.15) is 0 Å². The van der Waals surface area contributed by atoms with Gasteiger partial charge in [0, 0.05) is 0 Å². The van der Waals surface area contributed by atoms with Crippen LogP contribution >= 0.6 is 0 Å². The number of nitrogen functional groups attached to an aromatic ring is 2. The van der Waals surface area contributed by atoms with E-state index in [0.717, 1.165) is 12.3 Å². The third kappa shape index (κ3) is 3.22. The van der Waals surface area contributed by atoms with Gasteiger partial charge < -0.3 is 15.7 Å². The molecule has 0 bridgehead atoms. The van der Waals surface area contributed by atoms with E-state index in [1.807, 2.05) is 0 Å². The molecule has 1 aromatic carbocycles. The van der Waals surface area contributed by atoms with Crippen molar-refractivity contribution in [1.29, 1.82) is 0 Å². The molecule has 96 valence electrons. The molecule has 0 atom stereocenters. The van der Waals surface area contributed by atoms with E-state index in [2.05, 4.69) is 4.18 Å². The fourth-order valence-electron chi connectivity index (χ4n) is 1.06. The highest BCUT2D eigenvalue weighted by molar-refractivity contribution is 7.89. The number of nitrogens with two attached hydrogens (primary N) is 3. The number of benzene rings is 1. The molecule has 6 N–H and O–H groups in total. The molecule has 10 heteroatoms. The Morgan fingerprint density at radius 3 is 2.06 bits per heavy atom. The fraction of sp³-hybridized carbons (Fsp3) is 0.143. The number of sulfonamides is 1. The van der Waals surface area contributed by atoms with Crippen LogP contribution in [-0.2, 0) is 20.1 Å². The van der Waals surface area contributed by atoms with Crippen molar-refractivity contribution in [3.63, 3.8) is 0 Å². The van der Waals surface area contributed by atoms with Crippen molar-refractivity contribution < 1.29 is 21.0 Å². The molecule has 0 saturated carbocycles. The average Bonchev–Trinajstić information content (AvgIpc) is 2.08. The molecule has 0 aliphatic carbocycles. The van der Waals surface area contributed by atoms with Gasteiger partial charge in [0.05, 0.1) is 11.9 Å². The first-order valence-electron chi connectivity index (χ1n) is 4.12. The largest absolute Gasteiger partial charge is 0.397 e. The Morgan fingerprint density at radius 1 is 1.12 bits per heavy atom. The maximum atomic E-state index is 11.2. The molecular formula is C7H11N3O5S2. The SMILES string of the molecule is CS(=O)(=O)Oc1c(S(N)(=O)=O)ccc(N)c1N. The van der Waals surface area contributed by atoms with Crippen LogP contribution in [0.4, 0.5) is 11.4 Å². The smallest absolute Gasteiger partial charge is 0.306 e. The topological polar surface area (TPSA) is 156 Å². The van der Waals surface area contributed by atoms with Crippen LogP contribution in [0.25, 0.3) is 0 Å². The normalized spacial score (nSPS) is 12.4. The Balaban J connectivity index is 3.59. The summed E-state index contributed by atoms with van der Waals surface area (Å²) in [7, 11) is -8.12. The quantitative estimate of drug-likeness (QED) is 0.465. The number of rotatable bonds is 3. The standard InChI is InChI=1S/C7H11N3O5S2/c1-16(11,12)15-7-5(17(10,13)14)3-2-4(8)6(7)9/h2-3H,8-9H2,1H3,(H2,10,13,14). The van der Waals surface area contributed by atoms with E-state index in [9.17, 15) is 16.8 Å². The molecule has 0 heterocycles. The Labute approximate surface area is 98.5 Å². The first-order chi connectivity index (χ1) is 7.52. The van der Waals surface area contributed by atoms with E-state index in [4.69, 9.17) is 16.6 Å². The van der Waals surface area contributed by atoms with Gasteiger partial charge in [-0.3, -0.25) is 0 Å². The molecule has 0 unspecified atom stereocenters. The molecule has 0 fully saturated rings. The minimum absolute atomic E-state index is 0.0175. The van der Waals surface area contributed by atoms with E-state index >= 15 is 0 Å². The van der Waals surface area contributed by atoms with Crippen molar-refractivity contribution in [1.82, 2.24) is 0 Å². The third-order valence-electron chi connectivity index (χ3n) is 1.73. The van der Waals surface area contributed by atoms with Crippen molar-refractivity contribution in [2.45, 2.75) is 4.90 Å². The van der Waals surface area contributed by atoms with Gasteiger partial charge in [-0.1, -0.05) is 0 Å². The van der Waals surface area contributed by atoms with Crippen LogP contribution in [0.15, 0.2) is 17.0 Å². The summed E-state index contributed by atoms with van der Waals surface area (Å²) in [4.78, 5) is -0.547.